The molecule has 8 heteroatoms. The summed E-state index contributed by atoms with van der Waals surface area (Å²) in [4.78, 5) is 15.3. The van der Waals surface area contributed by atoms with Gasteiger partial charge in [0.15, 0.2) is 11.0 Å². The lowest BCUT2D eigenvalue weighted by atomic mass is 10.4. The van der Waals surface area contributed by atoms with Crippen molar-refractivity contribution in [2.24, 2.45) is 0 Å². The van der Waals surface area contributed by atoms with Crippen LogP contribution in [0.5, 0.6) is 0 Å². The predicted octanol–water partition coefficient (Wildman–Crippen LogP) is 2.76. The molecule has 0 unspecified atom stereocenters. The maximum absolute atomic E-state index is 12.3. The fourth-order valence-electron chi connectivity index (χ4n) is 2.74. The van der Waals surface area contributed by atoms with Crippen LogP contribution in [0.3, 0.4) is 0 Å². The van der Waals surface area contributed by atoms with Crippen molar-refractivity contribution >= 4 is 29.0 Å². The highest BCUT2D eigenvalue weighted by molar-refractivity contribution is 7.99. The smallest absolute Gasteiger partial charge is 0.233 e. The summed E-state index contributed by atoms with van der Waals surface area (Å²) >= 11 is 3.13. The van der Waals surface area contributed by atoms with Gasteiger partial charge in [-0.1, -0.05) is 17.8 Å². The van der Waals surface area contributed by atoms with E-state index in [0.717, 1.165) is 54.8 Å². The molecule has 1 amide bonds. The SMILES string of the molecule is COCCCn1c(SCC(=O)N2CCCC2)nnc1-c1cccs1. The number of hydrogen-bond donors (Lipinski definition) is 0. The maximum Gasteiger partial charge on any atom is 0.233 e. The Balaban J connectivity index is 1.70. The topological polar surface area (TPSA) is 60.2 Å². The third-order valence-electron chi connectivity index (χ3n) is 3.97. The summed E-state index contributed by atoms with van der Waals surface area (Å²) in [6, 6.07) is 4.06. The van der Waals surface area contributed by atoms with E-state index >= 15 is 0 Å². The third kappa shape index (κ3) is 4.17. The molecule has 3 heterocycles. The van der Waals surface area contributed by atoms with E-state index < -0.39 is 0 Å². The Bertz CT molecular complexity index is 651. The number of carbonyl (C=O) groups is 1. The number of methoxy groups -OCH3 is 1. The van der Waals surface area contributed by atoms with Gasteiger partial charge in [0.05, 0.1) is 10.6 Å². The van der Waals surface area contributed by atoms with E-state index in [2.05, 4.69) is 14.8 Å². The van der Waals surface area contributed by atoms with Crippen molar-refractivity contribution in [3.8, 4) is 10.7 Å². The fraction of sp³-hybridized carbons (Fsp3) is 0.562. The molecule has 2 aromatic rings. The van der Waals surface area contributed by atoms with Crippen LogP contribution >= 0.6 is 23.1 Å². The minimum Gasteiger partial charge on any atom is -0.385 e. The number of likely N-dealkylation sites (tertiary alicyclic amines) is 1. The van der Waals surface area contributed by atoms with Crippen molar-refractivity contribution in [1.29, 1.82) is 0 Å². The first-order chi connectivity index (χ1) is 11.8. The lowest BCUT2D eigenvalue weighted by Gasteiger charge is -2.15. The molecule has 1 aliphatic rings. The second-order valence-electron chi connectivity index (χ2n) is 5.66. The normalized spacial score (nSPS) is 14.5. The standard InChI is InChI=1S/C16H22N4O2S2/c1-22-10-5-9-20-15(13-6-4-11-23-13)17-18-16(20)24-12-14(21)19-7-2-3-8-19/h4,6,11H,2-3,5,7-10,12H2,1H3. The molecular weight excluding hydrogens is 344 g/mol. The zero-order valence-corrected chi connectivity index (χ0v) is 15.4. The Morgan fingerprint density at radius 1 is 1.38 bits per heavy atom. The van der Waals surface area contributed by atoms with Crippen LogP contribution in [0.2, 0.25) is 0 Å². The zero-order valence-electron chi connectivity index (χ0n) is 13.8. The van der Waals surface area contributed by atoms with E-state index in [1.807, 2.05) is 22.4 Å². The summed E-state index contributed by atoms with van der Waals surface area (Å²) in [6.45, 7) is 3.26. The average Bonchev–Trinajstić information content (AvgIpc) is 3.33. The first-order valence-electron chi connectivity index (χ1n) is 8.16. The average molecular weight is 367 g/mol. The molecular formula is C16H22N4O2S2. The summed E-state index contributed by atoms with van der Waals surface area (Å²) in [7, 11) is 1.71. The molecule has 130 valence electrons. The Morgan fingerprint density at radius 2 is 2.21 bits per heavy atom. The van der Waals surface area contributed by atoms with Gasteiger partial charge in [0.1, 0.15) is 0 Å². The summed E-state index contributed by atoms with van der Waals surface area (Å²) in [5.41, 5.74) is 0. The molecule has 0 bridgehead atoms. The van der Waals surface area contributed by atoms with E-state index in [1.165, 1.54) is 11.8 Å². The molecule has 0 aromatic carbocycles. The van der Waals surface area contributed by atoms with Gasteiger partial charge in [0, 0.05) is 33.4 Å². The molecule has 0 saturated carbocycles. The molecule has 3 rings (SSSR count). The number of aromatic nitrogens is 3. The number of rotatable bonds is 8. The number of amides is 1. The van der Waals surface area contributed by atoms with Crippen LogP contribution in [0.15, 0.2) is 22.7 Å². The van der Waals surface area contributed by atoms with Crippen molar-refractivity contribution < 1.29 is 9.53 Å². The number of ether oxygens (including phenoxy) is 1. The van der Waals surface area contributed by atoms with Crippen LogP contribution in [0.4, 0.5) is 0 Å². The number of carbonyl (C=O) groups excluding carboxylic acids is 1. The fourth-order valence-corrected chi connectivity index (χ4v) is 4.32. The van der Waals surface area contributed by atoms with Gasteiger partial charge in [0.25, 0.3) is 0 Å². The highest BCUT2D eigenvalue weighted by Crippen LogP contribution is 2.27. The zero-order chi connectivity index (χ0) is 16.8. The second kappa shape index (κ2) is 8.64. The Kier molecular flexibility index (Phi) is 6.28. The van der Waals surface area contributed by atoms with Crippen LogP contribution < -0.4 is 0 Å². The minimum absolute atomic E-state index is 0.196. The van der Waals surface area contributed by atoms with Gasteiger partial charge < -0.3 is 14.2 Å². The molecule has 0 atom stereocenters. The minimum atomic E-state index is 0.196. The van der Waals surface area contributed by atoms with Gasteiger partial charge >= 0.3 is 0 Å². The lowest BCUT2D eigenvalue weighted by Crippen LogP contribution is -2.29. The first-order valence-corrected chi connectivity index (χ1v) is 10.0. The summed E-state index contributed by atoms with van der Waals surface area (Å²) < 4.78 is 7.26. The van der Waals surface area contributed by atoms with Gasteiger partial charge in [-0.3, -0.25) is 4.79 Å². The Morgan fingerprint density at radius 3 is 2.92 bits per heavy atom. The van der Waals surface area contributed by atoms with Gasteiger partial charge in [-0.2, -0.15) is 0 Å². The summed E-state index contributed by atoms with van der Waals surface area (Å²) in [5.74, 6) is 1.49. The predicted molar refractivity (Wildman–Crippen MR) is 96.4 cm³/mol. The monoisotopic (exact) mass is 366 g/mol. The first kappa shape index (κ1) is 17.4. The molecule has 1 fully saturated rings. The third-order valence-corrected chi connectivity index (χ3v) is 5.79. The van der Waals surface area contributed by atoms with E-state index in [0.29, 0.717) is 12.4 Å². The van der Waals surface area contributed by atoms with Gasteiger partial charge in [0.2, 0.25) is 5.91 Å². The van der Waals surface area contributed by atoms with Gasteiger partial charge in [-0.25, -0.2) is 0 Å². The van der Waals surface area contributed by atoms with Gasteiger partial charge in [-0.15, -0.1) is 21.5 Å². The number of thiophene rings is 1. The van der Waals surface area contributed by atoms with Crippen LogP contribution in [0.1, 0.15) is 19.3 Å². The summed E-state index contributed by atoms with van der Waals surface area (Å²) in [5, 5.41) is 11.5. The van der Waals surface area contributed by atoms with E-state index in [-0.39, 0.29) is 5.91 Å². The van der Waals surface area contributed by atoms with Crippen molar-refractivity contribution in [2.75, 3.05) is 32.6 Å². The lowest BCUT2D eigenvalue weighted by molar-refractivity contribution is -0.127. The molecule has 0 N–H and O–H groups in total. The van der Waals surface area contributed by atoms with Crippen LogP contribution in [0.25, 0.3) is 10.7 Å². The molecule has 0 spiro atoms. The van der Waals surface area contributed by atoms with Crippen LogP contribution in [-0.4, -0.2) is 58.1 Å². The highest BCUT2D eigenvalue weighted by Gasteiger charge is 2.20. The molecule has 24 heavy (non-hydrogen) atoms. The van der Waals surface area contributed by atoms with E-state index in [4.69, 9.17) is 4.74 Å². The molecule has 2 aromatic heterocycles. The Hall–Kier alpha value is -1.38. The molecule has 0 aliphatic carbocycles. The quantitative estimate of drug-likeness (QED) is 0.531. The molecule has 1 aliphatic heterocycles. The molecule has 6 nitrogen and oxygen atoms in total. The van der Waals surface area contributed by atoms with Crippen LogP contribution in [0, 0.1) is 0 Å². The maximum atomic E-state index is 12.3. The van der Waals surface area contributed by atoms with Crippen LogP contribution in [-0.2, 0) is 16.1 Å². The van der Waals surface area contributed by atoms with Crippen molar-refractivity contribution in [3.63, 3.8) is 0 Å². The van der Waals surface area contributed by atoms with Crippen molar-refractivity contribution in [3.05, 3.63) is 17.5 Å². The van der Waals surface area contributed by atoms with Crippen molar-refractivity contribution in [2.45, 2.75) is 31.0 Å². The number of thioether (sulfide) groups is 1. The number of hydrogen-bond acceptors (Lipinski definition) is 6. The van der Waals surface area contributed by atoms with E-state index in [9.17, 15) is 4.79 Å². The van der Waals surface area contributed by atoms with Gasteiger partial charge in [-0.05, 0) is 30.7 Å². The Labute approximate surface area is 150 Å². The molecule has 0 radical (unpaired) electrons. The van der Waals surface area contributed by atoms with E-state index in [1.54, 1.807) is 18.4 Å². The number of nitrogens with zero attached hydrogens (tertiary/aromatic N) is 4. The largest absolute Gasteiger partial charge is 0.385 e. The summed E-state index contributed by atoms with van der Waals surface area (Å²) in [6.07, 6.45) is 3.12. The highest BCUT2D eigenvalue weighted by atomic mass is 32.2. The second-order valence-corrected chi connectivity index (χ2v) is 7.55. The van der Waals surface area contributed by atoms with Crippen molar-refractivity contribution in [1.82, 2.24) is 19.7 Å². The molecule has 1 saturated heterocycles.